The van der Waals surface area contributed by atoms with E-state index in [1.165, 1.54) is 12.0 Å². The van der Waals surface area contributed by atoms with Crippen molar-refractivity contribution in [1.82, 2.24) is 9.88 Å². The van der Waals surface area contributed by atoms with Crippen molar-refractivity contribution >= 4 is 0 Å². The van der Waals surface area contributed by atoms with Crippen LogP contribution in [0.5, 0.6) is 0 Å². The molecular formula is C15H24N2O. The van der Waals surface area contributed by atoms with E-state index in [2.05, 4.69) is 16.8 Å². The van der Waals surface area contributed by atoms with Gasteiger partial charge in [-0.15, -0.1) is 0 Å². The maximum atomic E-state index is 10.7. The third-order valence-electron chi connectivity index (χ3n) is 3.83. The molecule has 1 atom stereocenters. The lowest BCUT2D eigenvalue weighted by Gasteiger charge is -2.27. The van der Waals surface area contributed by atoms with Gasteiger partial charge in [-0.05, 0) is 56.5 Å². The first-order valence-electron chi connectivity index (χ1n) is 7.05. The predicted octanol–water partition coefficient (Wildman–Crippen LogP) is 2.25. The molecule has 1 saturated heterocycles. The molecule has 1 aliphatic heterocycles. The highest BCUT2D eigenvalue weighted by Crippen LogP contribution is 2.26. The van der Waals surface area contributed by atoms with Gasteiger partial charge in [0.05, 0.1) is 5.60 Å². The third kappa shape index (κ3) is 3.79. The van der Waals surface area contributed by atoms with Gasteiger partial charge in [0.2, 0.25) is 0 Å². The summed E-state index contributed by atoms with van der Waals surface area (Å²) >= 11 is 0. The number of hydrogen-bond acceptors (Lipinski definition) is 3. The molecule has 0 aliphatic carbocycles. The fourth-order valence-electron chi connectivity index (χ4n) is 2.83. The number of nitrogens with zero attached hydrogens (tertiary/aromatic N) is 2. The van der Waals surface area contributed by atoms with Crippen molar-refractivity contribution in [3.63, 3.8) is 0 Å². The number of rotatable bonds is 4. The van der Waals surface area contributed by atoms with Gasteiger partial charge in [-0.1, -0.05) is 6.92 Å². The highest BCUT2D eigenvalue weighted by molar-refractivity contribution is 5.13. The molecule has 1 N–H and O–H groups in total. The Labute approximate surface area is 110 Å². The van der Waals surface area contributed by atoms with Crippen molar-refractivity contribution < 1.29 is 5.11 Å². The first-order valence-corrected chi connectivity index (χ1v) is 7.05. The summed E-state index contributed by atoms with van der Waals surface area (Å²) in [6, 6.07) is 4.01. The van der Waals surface area contributed by atoms with Gasteiger partial charge in [0, 0.05) is 25.4 Å². The standard InChI is InChI=1S/C15H24N2O/c1-2-10-17-11-3-6-15(18,7-12-17)13-14-4-8-16-9-5-14/h4-5,8-9,18H,2-3,6-7,10-13H2,1H3. The molecule has 1 unspecified atom stereocenters. The SMILES string of the molecule is CCCN1CCCC(O)(Cc2ccncc2)CC1. The summed E-state index contributed by atoms with van der Waals surface area (Å²) in [5.74, 6) is 0. The smallest absolute Gasteiger partial charge is 0.0700 e. The Morgan fingerprint density at radius 2 is 2.06 bits per heavy atom. The van der Waals surface area contributed by atoms with Crippen molar-refractivity contribution in [3.8, 4) is 0 Å². The van der Waals surface area contributed by atoms with Gasteiger partial charge >= 0.3 is 0 Å². The van der Waals surface area contributed by atoms with Crippen molar-refractivity contribution in [2.75, 3.05) is 19.6 Å². The Kier molecular flexibility index (Phi) is 4.72. The quantitative estimate of drug-likeness (QED) is 0.888. The summed E-state index contributed by atoms with van der Waals surface area (Å²) in [6.45, 7) is 5.53. The molecule has 0 radical (unpaired) electrons. The highest BCUT2D eigenvalue weighted by atomic mass is 16.3. The predicted molar refractivity (Wildman–Crippen MR) is 73.5 cm³/mol. The van der Waals surface area contributed by atoms with E-state index in [0.717, 1.165) is 45.3 Å². The van der Waals surface area contributed by atoms with Crippen LogP contribution in [-0.4, -0.2) is 40.2 Å². The van der Waals surface area contributed by atoms with Gasteiger partial charge in [0.25, 0.3) is 0 Å². The highest BCUT2D eigenvalue weighted by Gasteiger charge is 2.29. The normalized spacial score (nSPS) is 25.9. The van der Waals surface area contributed by atoms with Crippen LogP contribution in [0, 0.1) is 0 Å². The molecular weight excluding hydrogens is 224 g/mol. The van der Waals surface area contributed by atoms with E-state index in [1.807, 2.05) is 12.1 Å². The monoisotopic (exact) mass is 248 g/mol. The van der Waals surface area contributed by atoms with E-state index in [-0.39, 0.29) is 0 Å². The van der Waals surface area contributed by atoms with Gasteiger partial charge in [0.1, 0.15) is 0 Å². The number of aliphatic hydroxyl groups is 1. The van der Waals surface area contributed by atoms with Crippen molar-refractivity contribution in [1.29, 1.82) is 0 Å². The maximum absolute atomic E-state index is 10.7. The molecule has 2 rings (SSSR count). The van der Waals surface area contributed by atoms with Crippen molar-refractivity contribution in [2.24, 2.45) is 0 Å². The lowest BCUT2D eigenvalue weighted by atomic mass is 9.88. The Hall–Kier alpha value is -0.930. The number of likely N-dealkylation sites (tertiary alicyclic amines) is 1. The van der Waals surface area contributed by atoms with Crippen LogP contribution < -0.4 is 0 Å². The second-order valence-electron chi connectivity index (χ2n) is 5.45. The van der Waals surface area contributed by atoms with E-state index < -0.39 is 5.60 Å². The molecule has 1 aromatic rings. The van der Waals surface area contributed by atoms with Crippen LogP contribution in [0.15, 0.2) is 24.5 Å². The first-order chi connectivity index (χ1) is 8.72. The molecule has 18 heavy (non-hydrogen) atoms. The largest absolute Gasteiger partial charge is 0.389 e. The Bertz CT molecular complexity index is 355. The molecule has 2 heterocycles. The van der Waals surface area contributed by atoms with E-state index in [9.17, 15) is 5.11 Å². The van der Waals surface area contributed by atoms with E-state index in [0.29, 0.717) is 0 Å². The molecule has 0 aromatic carbocycles. The second-order valence-corrected chi connectivity index (χ2v) is 5.45. The molecule has 0 bridgehead atoms. The zero-order valence-electron chi connectivity index (χ0n) is 11.3. The summed E-state index contributed by atoms with van der Waals surface area (Å²) in [5, 5.41) is 10.7. The fourth-order valence-corrected chi connectivity index (χ4v) is 2.83. The Balaban J connectivity index is 1.95. The van der Waals surface area contributed by atoms with Crippen LogP contribution >= 0.6 is 0 Å². The molecule has 0 amide bonds. The molecule has 1 aliphatic rings. The zero-order valence-corrected chi connectivity index (χ0v) is 11.3. The van der Waals surface area contributed by atoms with Crippen molar-refractivity contribution in [3.05, 3.63) is 30.1 Å². The van der Waals surface area contributed by atoms with E-state index >= 15 is 0 Å². The summed E-state index contributed by atoms with van der Waals surface area (Å²) in [5.41, 5.74) is 0.667. The molecule has 0 saturated carbocycles. The van der Waals surface area contributed by atoms with Gasteiger partial charge in [-0.2, -0.15) is 0 Å². The first kappa shape index (κ1) is 13.5. The minimum absolute atomic E-state index is 0.524. The summed E-state index contributed by atoms with van der Waals surface area (Å²) in [4.78, 5) is 6.50. The van der Waals surface area contributed by atoms with Gasteiger partial charge in [0.15, 0.2) is 0 Å². The lowest BCUT2D eigenvalue weighted by Crippen LogP contribution is -2.33. The molecule has 3 heteroatoms. The van der Waals surface area contributed by atoms with Gasteiger partial charge < -0.3 is 10.0 Å². The lowest BCUT2D eigenvalue weighted by molar-refractivity contribution is 0.0257. The molecule has 1 aromatic heterocycles. The number of pyridine rings is 1. The van der Waals surface area contributed by atoms with Crippen LogP contribution in [-0.2, 0) is 6.42 Å². The van der Waals surface area contributed by atoms with Gasteiger partial charge in [-0.3, -0.25) is 4.98 Å². The maximum Gasteiger partial charge on any atom is 0.0700 e. The summed E-state index contributed by atoms with van der Waals surface area (Å²) in [7, 11) is 0. The fraction of sp³-hybridized carbons (Fsp3) is 0.667. The van der Waals surface area contributed by atoms with Crippen LogP contribution in [0.2, 0.25) is 0 Å². The molecule has 3 nitrogen and oxygen atoms in total. The molecule has 1 fully saturated rings. The number of aromatic nitrogens is 1. The van der Waals surface area contributed by atoms with E-state index in [1.54, 1.807) is 12.4 Å². The summed E-state index contributed by atoms with van der Waals surface area (Å²) in [6.07, 6.45) is 8.46. The van der Waals surface area contributed by atoms with Crippen LogP contribution in [0.4, 0.5) is 0 Å². The zero-order chi connectivity index (χ0) is 12.8. The topological polar surface area (TPSA) is 36.4 Å². The molecule has 100 valence electrons. The minimum atomic E-state index is -0.524. The van der Waals surface area contributed by atoms with Gasteiger partial charge in [-0.25, -0.2) is 0 Å². The van der Waals surface area contributed by atoms with Crippen LogP contribution in [0.1, 0.15) is 38.2 Å². The van der Waals surface area contributed by atoms with Crippen LogP contribution in [0.25, 0.3) is 0 Å². The average Bonchev–Trinajstić information content (AvgIpc) is 2.54. The minimum Gasteiger partial charge on any atom is -0.389 e. The number of hydrogen-bond donors (Lipinski definition) is 1. The average molecular weight is 248 g/mol. The second kappa shape index (κ2) is 6.30. The van der Waals surface area contributed by atoms with Crippen LogP contribution in [0.3, 0.4) is 0 Å². The van der Waals surface area contributed by atoms with Crippen molar-refractivity contribution in [2.45, 2.75) is 44.6 Å². The Morgan fingerprint density at radius 1 is 1.28 bits per heavy atom. The molecule has 0 spiro atoms. The third-order valence-corrected chi connectivity index (χ3v) is 3.83. The van der Waals surface area contributed by atoms with E-state index in [4.69, 9.17) is 0 Å². The summed E-state index contributed by atoms with van der Waals surface area (Å²) < 4.78 is 0. The Morgan fingerprint density at radius 3 is 2.78 bits per heavy atom.